The molecule has 0 spiro atoms. The van der Waals surface area contributed by atoms with Crippen molar-refractivity contribution in [1.82, 2.24) is 20.1 Å². The maximum atomic E-state index is 6.09. The van der Waals surface area contributed by atoms with E-state index in [1.54, 1.807) is 6.21 Å². The molecule has 2 aromatic rings. The summed E-state index contributed by atoms with van der Waals surface area (Å²) in [6, 6.07) is 0.469. The van der Waals surface area contributed by atoms with E-state index in [2.05, 4.69) is 20.8 Å². The van der Waals surface area contributed by atoms with E-state index < -0.39 is 0 Å². The zero-order valence-corrected chi connectivity index (χ0v) is 13.8. The van der Waals surface area contributed by atoms with Gasteiger partial charge in [0.2, 0.25) is 0 Å². The van der Waals surface area contributed by atoms with Crippen LogP contribution in [0.4, 0.5) is 0 Å². The summed E-state index contributed by atoms with van der Waals surface area (Å²) < 4.78 is 1.90. The monoisotopic (exact) mass is 341 g/mol. The molecule has 2 heterocycles. The maximum absolute atomic E-state index is 6.09. The molecule has 0 atom stereocenters. The highest BCUT2D eigenvalue weighted by Gasteiger charge is 2.13. The number of imidazole rings is 1. The van der Waals surface area contributed by atoms with Gasteiger partial charge >= 0.3 is 0 Å². The van der Waals surface area contributed by atoms with Gasteiger partial charge < -0.3 is 5.32 Å². The minimum atomic E-state index is 0.443. The number of thiocarbonyl (C=S) groups is 1. The molecule has 8 heteroatoms. The Balaban J connectivity index is 1.57. The number of aromatic nitrogens is 2. The summed E-state index contributed by atoms with van der Waals surface area (Å²) in [5.74, 6) is 0. The largest absolute Gasteiger partial charge is 0.359 e. The fourth-order valence-corrected chi connectivity index (χ4v) is 3.72. The van der Waals surface area contributed by atoms with Crippen LogP contribution in [0, 0.1) is 0 Å². The first-order valence-electron chi connectivity index (χ1n) is 6.94. The number of nitrogens with zero attached hydrogens (tertiary/aromatic N) is 3. The molecule has 0 aromatic carbocycles. The Hall–Kier alpha value is -1.18. The second kappa shape index (κ2) is 6.72. The van der Waals surface area contributed by atoms with Crippen LogP contribution in [-0.2, 0) is 0 Å². The first-order valence-corrected chi connectivity index (χ1v) is 8.61. The molecule has 1 saturated carbocycles. The van der Waals surface area contributed by atoms with Crippen LogP contribution in [-0.4, -0.2) is 26.8 Å². The minimum absolute atomic E-state index is 0.443. The van der Waals surface area contributed by atoms with Crippen molar-refractivity contribution in [2.24, 2.45) is 5.10 Å². The molecule has 2 N–H and O–H groups in total. The summed E-state index contributed by atoms with van der Waals surface area (Å²) in [7, 11) is 0. The fraction of sp³-hybridized carbons (Fsp3) is 0.462. The fourth-order valence-electron chi connectivity index (χ4n) is 2.51. The number of rotatable bonds is 3. The summed E-state index contributed by atoms with van der Waals surface area (Å²) in [6.45, 7) is 0. The second-order valence-corrected chi connectivity index (χ2v) is 6.66. The molecule has 1 fully saturated rings. The molecule has 112 valence electrons. The Morgan fingerprint density at radius 1 is 1.48 bits per heavy atom. The lowest BCUT2D eigenvalue weighted by atomic mass is 9.96. The lowest BCUT2D eigenvalue weighted by molar-refractivity contribution is 0.412. The standard InChI is InChI=1S/C13H16ClN5S2/c14-11-10(19-6-7-21-13(19)17-11)8-15-18-12(20)16-9-4-2-1-3-5-9/h6-9H,1-5H2,(H2,16,18,20)/b15-8-. The van der Waals surface area contributed by atoms with Crippen LogP contribution in [0.1, 0.15) is 37.8 Å². The van der Waals surface area contributed by atoms with Crippen molar-refractivity contribution in [3.05, 3.63) is 22.4 Å². The molecule has 0 bridgehead atoms. The Bertz CT molecular complexity index is 657. The van der Waals surface area contributed by atoms with Gasteiger partial charge in [-0.2, -0.15) is 5.10 Å². The van der Waals surface area contributed by atoms with E-state index in [1.165, 1.54) is 43.4 Å². The number of halogens is 1. The zero-order valence-electron chi connectivity index (χ0n) is 11.4. The van der Waals surface area contributed by atoms with E-state index in [0.717, 1.165) is 10.7 Å². The van der Waals surface area contributed by atoms with Crippen LogP contribution in [0.2, 0.25) is 5.15 Å². The Morgan fingerprint density at radius 3 is 3.10 bits per heavy atom. The number of hydrogen-bond donors (Lipinski definition) is 2. The van der Waals surface area contributed by atoms with E-state index in [-0.39, 0.29) is 0 Å². The van der Waals surface area contributed by atoms with Crippen molar-refractivity contribution in [1.29, 1.82) is 0 Å². The van der Waals surface area contributed by atoms with Gasteiger partial charge in [-0.1, -0.05) is 30.9 Å². The molecule has 21 heavy (non-hydrogen) atoms. The molecule has 3 rings (SSSR count). The number of hydrazone groups is 1. The lowest BCUT2D eigenvalue weighted by Gasteiger charge is -2.23. The van der Waals surface area contributed by atoms with E-state index in [9.17, 15) is 0 Å². The molecule has 1 aliphatic carbocycles. The van der Waals surface area contributed by atoms with E-state index in [0.29, 0.717) is 16.3 Å². The molecule has 5 nitrogen and oxygen atoms in total. The molecule has 0 aliphatic heterocycles. The highest BCUT2D eigenvalue weighted by Crippen LogP contribution is 2.19. The van der Waals surface area contributed by atoms with Crippen molar-refractivity contribution in [2.45, 2.75) is 38.1 Å². The topological polar surface area (TPSA) is 53.7 Å². The lowest BCUT2D eigenvalue weighted by Crippen LogP contribution is -2.40. The van der Waals surface area contributed by atoms with Crippen LogP contribution in [0.25, 0.3) is 4.96 Å². The zero-order chi connectivity index (χ0) is 14.7. The van der Waals surface area contributed by atoms with E-state index in [1.807, 2.05) is 16.0 Å². The minimum Gasteiger partial charge on any atom is -0.359 e. The summed E-state index contributed by atoms with van der Waals surface area (Å²) in [5.41, 5.74) is 3.60. The Kier molecular flexibility index (Phi) is 4.72. The van der Waals surface area contributed by atoms with Crippen LogP contribution >= 0.6 is 35.2 Å². The summed E-state index contributed by atoms with van der Waals surface area (Å²) in [5, 5.41) is 10.4. The average Bonchev–Trinajstić information content (AvgIpc) is 3.02. The normalized spacial score (nSPS) is 16.6. The Labute approximate surface area is 137 Å². The van der Waals surface area contributed by atoms with Gasteiger partial charge in [-0.05, 0) is 25.1 Å². The van der Waals surface area contributed by atoms with Gasteiger partial charge in [-0.25, -0.2) is 4.98 Å². The third-order valence-electron chi connectivity index (χ3n) is 3.55. The molecule has 0 saturated heterocycles. The smallest absolute Gasteiger partial charge is 0.195 e. The average molecular weight is 342 g/mol. The SMILES string of the molecule is S=C(N/N=C\c1c(Cl)nc2sccn12)NC1CCCCC1. The van der Waals surface area contributed by atoms with Crippen LogP contribution < -0.4 is 10.7 Å². The summed E-state index contributed by atoms with van der Waals surface area (Å²) in [6.07, 6.45) is 9.77. The van der Waals surface area contributed by atoms with Gasteiger partial charge in [-0.15, -0.1) is 11.3 Å². The molecular weight excluding hydrogens is 326 g/mol. The number of fused-ring (bicyclic) bond motifs is 1. The predicted octanol–water partition coefficient (Wildman–Crippen LogP) is 3.18. The van der Waals surface area contributed by atoms with Gasteiger partial charge in [0.25, 0.3) is 0 Å². The van der Waals surface area contributed by atoms with Crippen LogP contribution in [0.3, 0.4) is 0 Å². The number of thiazole rings is 1. The molecule has 0 unspecified atom stereocenters. The third-order valence-corrected chi connectivity index (χ3v) is 4.79. The van der Waals surface area contributed by atoms with Crippen LogP contribution in [0.5, 0.6) is 0 Å². The number of nitrogens with one attached hydrogen (secondary N) is 2. The molecular formula is C13H16ClN5S2. The third kappa shape index (κ3) is 3.53. The van der Waals surface area contributed by atoms with Gasteiger partial charge in [-0.3, -0.25) is 9.83 Å². The predicted molar refractivity (Wildman–Crippen MR) is 91.4 cm³/mol. The molecule has 0 radical (unpaired) electrons. The Morgan fingerprint density at radius 2 is 2.29 bits per heavy atom. The van der Waals surface area contributed by atoms with Crippen molar-refractivity contribution in [3.8, 4) is 0 Å². The van der Waals surface area contributed by atoms with E-state index in [4.69, 9.17) is 23.8 Å². The van der Waals surface area contributed by atoms with Crippen molar-refractivity contribution in [3.63, 3.8) is 0 Å². The van der Waals surface area contributed by atoms with Gasteiger partial charge in [0.05, 0.1) is 6.21 Å². The van der Waals surface area contributed by atoms with Gasteiger partial charge in [0.1, 0.15) is 5.69 Å². The molecule has 1 aliphatic rings. The first kappa shape index (κ1) is 14.7. The van der Waals surface area contributed by atoms with E-state index >= 15 is 0 Å². The highest BCUT2D eigenvalue weighted by molar-refractivity contribution is 7.80. The van der Waals surface area contributed by atoms with Crippen molar-refractivity contribution < 1.29 is 0 Å². The second-order valence-electron chi connectivity index (χ2n) is 5.02. The van der Waals surface area contributed by atoms with Crippen LogP contribution in [0.15, 0.2) is 16.7 Å². The van der Waals surface area contributed by atoms with Crippen molar-refractivity contribution >= 4 is 51.4 Å². The van der Waals surface area contributed by atoms with Gasteiger partial charge in [0.15, 0.2) is 15.2 Å². The maximum Gasteiger partial charge on any atom is 0.195 e. The first-order chi connectivity index (χ1) is 10.2. The molecule has 2 aromatic heterocycles. The quantitative estimate of drug-likeness (QED) is 0.511. The highest BCUT2D eigenvalue weighted by atomic mass is 35.5. The number of hydrogen-bond acceptors (Lipinski definition) is 4. The summed E-state index contributed by atoms with van der Waals surface area (Å²) >= 11 is 12.9. The van der Waals surface area contributed by atoms with Gasteiger partial charge in [0, 0.05) is 17.6 Å². The summed E-state index contributed by atoms with van der Waals surface area (Å²) in [4.78, 5) is 5.10. The molecule has 0 amide bonds. The van der Waals surface area contributed by atoms with Crippen molar-refractivity contribution in [2.75, 3.05) is 0 Å².